The fourth-order valence-corrected chi connectivity index (χ4v) is 12.1. The normalized spacial score (nSPS) is 17.5. The maximum atomic E-state index is 10.8. The van der Waals surface area contributed by atoms with Crippen LogP contribution in [0.2, 0.25) is 0 Å². The summed E-state index contributed by atoms with van der Waals surface area (Å²) in [6, 6.07) is 38.0. The molecule has 73 heavy (non-hydrogen) atoms. The summed E-state index contributed by atoms with van der Waals surface area (Å²) >= 11 is 0. The number of rotatable bonds is 7. The first-order chi connectivity index (χ1) is 44.6. The molecule has 0 radical (unpaired) electrons. The van der Waals surface area contributed by atoms with Crippen molar-refractivity contribution in [3.8, 4) is 55.6 Å². The molecule has 0 bridgehead atoms. The van der Waals surface area contributed by atoms with E-state index in [4.69, 9.17) is 12.3 Å². The minimum absolute atomic E-state index is 0.0177. The maximum absolute atomic E-state index is 10.8. The molecule has 0 amide bonds. The number of anilines is 3. The van der Waals surface area contributed by atoms with Gasteiger partial charge in [-0.25, -0.2) is 0 Å². The van der Waals surface area contributed by atoms with E-state index in [1.807, 2.05) is 72.8 Å². The van der Waals surface area contributed by atoms with Crippen LogP contribution in [0, 0.1) is 0 Å². The molecular formula is C72H47N. The number of fused-ring (bicyclic) bond motifs is 14. The highest BCUT2D eigenvalue weighted by atomic mass is 15.1. The summed E-state index contributed by atoms with van der Waals surface area (Å²) in [6.07, 6.45) is 0. The molecule has 0 saturated carbocycles. The van der Waals surface area contributed by atoms with Gasteiger partial charge >= 0.3 is 0 Å². The van der Waals surface area contributed by atoms with Crippen molar-refractivity contribution in [3.05, 3.63) is 329 Å². The molecule has 1 spiro atoms. The number of benzene rings is 12. The predicted molar refractivity (Wildman–Crippen MR) is 303 cm³/mol. The average Bonchev–Trinajstić information content (AvgIpc) is 1.48. The molecule has 3 aliphatic rings. The van der Waals surface area contributed by atoms with E-state index in [0.717, 1.165) is 65.7 Å². The molecule has 0 aliphatic heterocycles. The van der Waals surface area contributed by atoms with Crippen LogP contribution < -0.4 is 4.90 Å². The minimum atomic E-state index is -2.71. The van der Waals surface area contributed by atoms with Gasteiger partial charge in [0.15, 0.2) is 0 Å². The van der Waals surface area contributed by atoms with E-state index in [1.165, 1.54) is 0 Å². The van der Waals surface area contributed by atoms with Crippen molar-refractivity contribution in [2.45, 2.75) is 10.8 Å². The number of para-hydroxylation sites is 1. The maximum Gasteiger partial charge on any atom is 0.0726 e. The Morgan fingerprint density at radius 3 is 1.51 bits per heavy atom. The van der Waals surface area contributed by atoms with Crippen LogP contribution in [0.1, 0.15) is 71.9 Å². The Hall–Kier alpha value is -9.30. The Morgan fingerprint density at radius 1 is 0.288 bits per heavy atom. The zero-order valence-electron chi connectivity index (χ0n) is 58.5. The van der Waals surface area contributed by atoms with Crippen LogP contribution in [0.3, 0.4) is 0 Å². The predicted octanol–water partition coefficient (Wildman–Crippen LogP) is 18.4. The fourth-order valence-electron chi connectivity index (χ4n) is 12.1. The highest BCUT2D eigenvalue weighted by molar-refractivity contribution is 6.09. The van der Waals surface area contributed by atoms with Gasteiger partial charge in [-0.3, -0.25) is 0 Å². The van der Waals surface area contributed by atoms with Gasteiger partial charge in [0.25, 0.3) is 0 Å². The molecule has 12 aromatic carbocycles. The quantitative estimate of drug-likeness (QED) is 0.154. The van der Waals surface area contributed by atoms with Crippen LogP contribution in [-0.4, -0.2) is 0 Å². The molecule has 0 saturated heterocycles. The first kappa shape index (κ1) is 26.2. The van der Waals surface area contributed by atoms with Gasteiger partial charge in [-0.1, -0.05) is 248 Å². The number of nitrogens with zero attached hydrogens (tertiary/aromatic N) is 1. The number of hydrogen-bond donors (Lipinski definition) is 0. The Balaban J connectivity index is 1.02. The van der Waals surface area contributed by atoms with Crippen molar-refractivity contribution in [1.82, 2.24) is 0 Å². The van der Waals surface area contributed by atoms with Crippen molar-refractivity contribution in [3.63, 3.8) is 0 Å². The second kappa shape index (κ2) is 16.1. The molecule has 340 valence electrons. The first-order valence-electron chi connectivity index (χ1n) is 33.9. The standard InChI is InChI=1S/C72H47N/c1-4-22-50(23-5-1)71(51-24-6-2-7-25-51)66-37-19-15-32-61(66)70-62(33-20-38-67(70)71)69-55-28-11-10-21-48(55)41-45-56(69)49-39-42-53(43-40-49)73(52-26-8-3-9-27-52)54-44-46-60-59-31-14-18-36-65(59)72(68(60)47-54)63-34-16-12-29-57(63)58-30-13-17-35-64(58)72/h1-47H/i3D,8D,9D,12D,13D,14D,16D,17D,18D,26D,27D,29D,30D,31D,34D,35D,36D,44D,46D,47D. The summed E-state index contributed by atoms with van der Waals surface area (Å²) in [5.41, 5.74) is 0.894. The Kier molecular flexibility index (Phi) is 5.79. The number of hydrogen-bond acceptors (Lipinski definition) is 1. The smallest absolute Gasteiger partial charge is 0.0726 e. The lowest BCUT2D eigenvalue weighted by molar-refractivity contribution is 0.768. The molecule has 1 nitrogen and oxygen atoms in total. The van der Waals surface area contributed by atoms with E-state index in [-0.39, 0.29) is 5.69 Å². The molecule has 12 aromatic rings. The van der Waals surface area contributed by atoms with Crippen LogP contribution in [0.25, 0.3) is 66.4 Å². The Morgan fingerprint density at radius 2 is 0.836 bits per heavy atom. The summed E-state index contributed by atoms with van der Waals surface area (Å²) in [6.45, 7) is 0. The molecule has 15 rings (SSSR count). The first-order valence-corrected chi connectivity index (χ1v) is 23.9. The summed E-state index contributed by atoms with van der Waals surface area (Å²) in [4.78, 5) is 1.06. The van der Waals surface area contributed by atoms with Crippen LogP contribution in [0.5, 0.6) is 0 Å². The fraction of sp³-hybridized carbons (Fsp3) is 0.0278. The van der Waals surface area contributed by atoms with Crippen molar-refractivity contribution >= 4 is 27.8 Å². The SMILES string of the molecule is [2H]c1c([2H])c([2H])c(N(c2ccc(-c3ccc4ccccc4c3-c3cccc4c3-c3ccccc3C4(c3ccccc3)c3ccccc3)cc2)c2c([2H])c([2H])c3c(c2[2H])C2(c4c([2H])c([2H])c([2H])c([2H])c4-c4c([2H])c([2H])c([2H])c([2H])c42)c2c([2H])c([2H])c([2H])c([2H])c2-3)c([2H])c1[2H]. The summed E-state index contributed by atoms with van der Waals surface area (Å²) in [5, 5.41) is 1.87. The summed E-state index contributed by atoms with van der Waals surface area (Å²) in [7, 11) is 0. The summed E-state index contributed by atoms with van der Waals surface area (Å²) in [5.74, 6) is 0. The lowest BCUT2D eigenvalue weighted by Crippen LogP contribution is -2.28. The van der Waals surface area contributed by atoms with E-state index in [0.29, 0.717) is 5.56 Å². The van der Waals surface area contributed by atoms with Crippen LogP contribution >= 0.6 is 0 Å². The van der Waals surface area contributed by atoms with E-state index >= 15 is 0 Å². The van der Waals surface area contributed by atoms with Gasteiger partial charge in [0, 0.05) is 17.1 Å². The van der Waals surface area contributed by atoms with Gasteiger partial charge < -0.3 is 4.90 Å². The topological polar surface area (TPSA) is 3.24 Å². The summed E-state index contributed by atoms with van der Waals surface area (Å²) < 4.78 is 188. The van der Waals surface area contributed by atoms with Crippen molar-refractivity contribution in [2.24, 2.45) is 0 Å². The molecule has 0 unspecified atom stereocenters. The third-order valence-corrected chi connectivity index (χ3v) is 14.9. The zero-order chi connectivity index (χ0) is 65.5. The van der Waals surface area contributed by atoms with Gasteiger partial charge in [-0.2, -0.15) is 0 Å². The third-order valence-electron chi connectivity index (χ3n) is 14.9. The Labute approximate surface area is 454 Å². The van der Waals surface area contributed by atoms with E-state index in [2.05, 4.69) is 66.7 Å². The van der Waals surface area contributed by atoms with Gasteiger partial charge in [0.2, 0.25) is 0 Å². The second-order valence-electron chi connectivity index (χ2n) is 18.3. The largest absolute Gasteiger partial charge is 0.310 e. The van der Waals surface area contributed by atoms with E-state index in [1.54, 1.807) is 24.3 Å². The third kappa shape index (κ3) is 5.79. The molecule has 0 fully saturated rings. The molecule has 0 atom stereocenters. The zero-order valence-corrected chi connectivity index (χ0v) is 38.5. The molecule has 0 aromatic heterocycles. The lowest BCUT2D eigenvalue weighted by Gasteiger charge is -2.34. The van der Waals surface area contributed by atoms with Crippen LogP contribution in [0.15, 0.2) is 285 Å². The molecule has 1 heteroatoms. The van der Waals surface area contributed by atoms with E-state index in [9.17, 15) is 15.1 Å². The van der Waals surface area contributed by atoms with Crippen LogP contribution in [0.4, 0.5) is 17.1 Å². The van der Waals surface area contributed by atoms with E-state index < -0.39 is 188 Å². The molecule has 0 N–H and O–H groups in total. The Bertz CT molecular complexity index is 5170. The van der Waals surface area contributed by atoms with Gasteiger partial charge in [0.1, 0.15) is 0 Å². The average molecular weight is 946 g/mol. The second-order valence-corrected chi connectivity index (χ2v) is 18.3. The van der Waals surface area contributed by atoms with Crippen molar-refractivity contribution < 1.29 is 27.4 Å². The van der Waals surface area contributed by atoms with Gasteiger partial charge in [0.05, 0.1) is 38.2 Å². The highest BCUT2D eigenvalue weighted by Crippen LogP contribution is 2.64. The lowest BCUT2D eigenvalue weighted by atomic mass is 9.67. The molecule has 0 heterocycles. The van der Waals surface area contributed by atoms with Crippen LogP contribution in [-0.2, 0) is 10.8 Å². The van der Waals surface area contributed by atoms with Crippen molar-refractivity contribution in [2.75, 3.05) is 4.90 Å². The molecular weight excluding hydrogens is 879 g/mol. The molecule has 3 aliphatic carbocycles. The van der Waals surface area contributed by atoms with Crippen molar-refractivity contribution in [1.29, 1.82) is 0 Å². The van der Waals surface area contributed by atoms with Gasteiger partial charge in [-0.15, -0.1) is 0 Å². The highest BCUT2D eigenvalue weighted by Gasteiger charge is 2.52. The van der Waals surface area contributed by atoms with Gasteiger partial charge in [-0.05, 0) is 147 Å². The monoisotopic (exact) mass is 945 g/mol. The minimum Gasteiger partial charge on any atom is -0.310 e.